The van der Waals surface area contributed by atoms with Crippen LogP contribution in [0.3, 0.4) is 0 Å². The summed E-state index contributed by atoms with van der Waals surface area (Å²) >= 11 is 0. The van der Waals surface area contributed by atoms with Crippen LogP contribution < -0.4 is 0 Å². The summed E-state index contributed by atoms with van der Waals surface area (Å²) in [4.78, 5) is 32.2. The van der Waals surface area contributed by atoms with E-state index in [1.165, 1.54) is 0 Å². The molecule has 0 radical (unpaired) electrons. The van der Waals surface area contributed by atoms with E-state index in [0.717, 1.165) is 25.8 Å². The molecule has 2 aliphatic rings. The first-order chi connectivity index (χ1) is 9.75. The zero-order valence-corrected chi connectivity index (χ0v) is 11.5. The van der Waals surface area contributed by atoms with Crippen molar-refractivity contribution in [2.75, 3.05) is 26.2 Å². The topological polar surface area (TPSA) is 53.5 Å². The van der Waals surface area contributed by atoms with Gasteiger partial charge in [0, 0.05) is 44.5 Å². The van der Waals surface area contributed by atoms with Crippen LogP contribution in [0.4, 0.5) is 0 Å². The van der Waals surface area contributed by atoms with Gasteiger partial charge in [-0.15, -0.1) is 0 Å². The van der Waals surface area contributed by atoms with Crippen LogP contribution >= 0.6 is 0 Å². The average molecular weight is 273 g/mol. The minimum atomic E-state index is 0.0128. The second-order valence-electron chi connectivity index (χ2n) is 5.49. The predicted octanol–water partition coefficient (Wildman–Crippen LogP) is 1.17. The lowest BCUT2D eigenvalue weighted by molar-refractivity contribution is -0.132. The molecule has 3 rings (SSSR count). The molecule has 0 N–H and O–H groups in total. The number of aromatic nitrogens is 1. The van der Waals surface area contributed by atoms with Gasteiger partial charge in [0.05, 0.1) is 5.56 Å². The molecule has 0 atom stereocenters. The van der Waals surface area contributed by atoms with Gasteiger partial charge in [0.1, 0.15) is 0 Å². The first-order valence-corrected chi connectivity index (χ1v) is 7.24. The van der Waals surface area contributed by atoms with Crippen LogP contribution in [-0.2, 0) is 4.79 Å². The average Bonchev–Trinajstić information content (AvgIpc) is 3.33. The van der Waals surface area contributed by atoms with E-state index in [-0.39, 0.29) is 17.7 Å². The molecule has 1 aromatic heterocycles. The van der Waals surface area contributed by atoms with Crippen LogP contribution in [0.25, 0.3) is 0 Å². The zero-order chi connectivity index (χ0) is 13.9. The molecule has 5 heteroatoms. The van der Waals surface area contributed by atoms with Gasteiger partial charge in [-0.2, -0.15) is 0 Å². The summed E-state index contributed by atoms with van der Waals surface area (Å²) in [6.07, 6.45) is 6.18. The van der Waals surface area contributed by atoms with Gasteiger partial charge in [-0.25, -0.2) is 0 Å². The van der Waals surface area contributed by atoms with E-state index < -0.39 is 0 Å². The van der Waals surface area contributed by atoms with E-state index in [1.54, 1.807) is 24.5 Å². The van der Waals surface area contributed by atoms with Crippen LogP contribution in [0, 0.1) is 5.92 Å². The Hall–Kier alpha value is -1.91. The van der Waals surface area contributed by atoms with Crippen molar-refractivity contribution in [3.8, 4) is 0 Å². The molecule has 20 heavy (non-hydrogen) atoms. The molecule has 1 aromatic rings. The Kier molecular flexibility index (Phi) is 3.67. The lowest BCUT2D eigenvalue weighted by Crippen LogP contribution is -2.38. The maximum absolute atomic E-state index is 12.4. The minimum Gasteiger partial charge on any atom is -0.341 e. The summed E-state index contributed by atoms with van der Waals surface area (Å²) in [6.45, 7) is 2.75. The Morgan fingerprint density at radius 2 is 1.85 bits per heavy atom. The fraction of sp³-hybridized carbons (Fsp3) is 0.533. The standard InChI is InChI=1S/C15H19N3O2/c19-14(12-4-5-12)17-7-2-8-18(10-9-17)15(20)13-3-1-6-16-11-13/h1,3,6,11-12H,2,4-5,7-10H2. The number of rotatable bonds is 2. The van der Waals surface area contributed by atoms with Crippen molar-refractivity contribution in [3.05, 3.63) is 30.1 Å². The van der Waals surface area contributed by atoms with Gasteiger partial charge in [-0.1, -0.05) is 0 Å². The Balaban J connectivity index is 1.62. The Morgan fingerprint density at radius 1 is 1.10 bits per heavy atom. The number of carbonyl (C=O) groups excluding carboxylic acids is 2. The number of hydrogen-bond acceptors (Lipinski definition) is 3. The van der Waals surface area contributed by atoms with Crippen molar-refractivity contribution in [1.82, 2.24) is 14.8 Å². The van der Waals surface area contributed by atoms with Crippen molar-refractivity contribution in [2.24, 2.45) is 5.92 Å². The van der Waals surface area contributed by atoms with Gasteiger partial charge < -0.3 is 9.80 Å². The maximum Gasteiger partial charge on any atom is 0.255 e. The fourth-order valence-electron chi connectivity index (χ4n) is 2.60. The highest BCUT2D eigenvalue weighted by molar-refractivity contribution is 5.94. The van der Waals surface area contributed by atoms with Crippen LogP contribution in [0.15, 0.2) is 24.5 Å². The number of carbonyl (C=O) groups is 2. The fourth-order valence-corrected chi connectivity index (χ4v) is 2.60. The Bertz CT molecular complexity index is 499. The molecule has 2 amide bonds. The monoisotopic (exact) mass is 273 g/mol. The number of hydrogen-bond donors (Lipinski definition) is 0. The molecule has 1 saturated carbocycles. The SMILES string of the molecule is O=C(c1cccnc1)N1CCCN(C(=O)C2CC2)CC1. The molecule has 0 spiro atoms. The molecule has 0 aromatic carbocycles. The smallest absolute Gasteiger partial charge is 0.255 e. The highest BCUT2D eigenvalue weighted by Gasteiger charge is 2.34. The van der Waals surface area contributed by atoms with E-state index in [1.807, 2.05) is 9.80 Å². The van der Waals surface area contributed by atoms with E-state index in [9.17, 15) is 9.59 Å². The third-order valence-corrected chi connectivity index (χ3v) is 3.93. The first kappa shape index (κ1) is 13.1. The van der Waals surface area contributed by atoms with E-state index in [2.05, 4.69) is 4.98 Å². The molecule has 106 valence electrons. The van der Waals surface area contributed by atoms with Gasteiger partial charge >= 0.3 is 0 Å². The lowest BCUT2D eigenvalue weighted by atomic mass is 10.2. The number of pyridine rings is 1. The molecule has 1 saturated heterocycles. The highest BCUT2D eigenvalue weighted by Crippen LogP contribution is 2.31. The van der Waals surface area contributed by atoms with Crippen LogP contribution in [0.2, 0.25) is 0 Å². The first-order valence-electron chi connectivity index (χ1n) is 7.24. The van der Waals surface area contributed by atoms with Crippen molar-refractivity contribution < 1.29 is 9.59 Å². The Morgan fingerprint density at radius 3 is 2.55 bits per heavy atom. The van der Waals surface area contributed by atoms with E-state index in [4.69, 9.17) is 0 Å². The Labute approximate surface area is 118 Å². The quantitative estimate of drug-likeness (QED) is 0.812. The molecule has 2 fully saturated rings. The second-order valence-corrected chi connectivity index (χ2v) is 5.49. The molecule has 1 aliphatic heterocycles. The predicted molar refractivity (Wildman–Crippen MR) is 74.1 cm³/mol. The lowest BCUT2D eigenvalue weighted by Gasteiger charge is -2.22. The van der Waals surface area contributed by atoms with Gasteiger partial charge in [-0.3, -0.25) is 14.6 Å². The zero-order valence-electron chi connectivity index (χ0n) is 11.5. The minimum absolute atomic E-state index is 0.0128. The third kappa shape index (κ3) is 2.81. The largest absolute Gasteiger partial charge is 0.341 e. The molecule has 0 bridgehead atoms. The molecular weight excluding hydrogens is 254 g/mol. The number of amides is 2. The van der Waals surface area contributed by atoms with Gasteiger partial charge in [0.15, 0.2) is 0 Å². The van der Waals surface area contributed by atoms with Crippen LogP contribution in [-0.4, -0.2) is 52.8 Å². The van der Waals surface area contributed by atoms with Crippen molar-refractivity contribution in [1.29, 1.82) is 0 Å². The molecule has 5 nitrogen and oxygen atoms in total. The van der Waals surface area contributed by atoms with Gasteiger partial charge in [0.25, 0.3) is 5.91 Å². The second kappa shape index (κ2) is 5.61. The summed E-state index contributed by atoms with van der Waals surface area (Å²) in [5.41, 5.74) is 0.620. The summed E-state index contributed by atoms with van der Waals surface area (Å²) in [5.74, 6) is 0.551. The summed E-state index contributed by atoms with van der Waals surface area (Å²) in [5, 5.41) is 0. The summed E-state index contributed by atoms with van der Waals surface area (Å²) in [7, 11) is 0. The molecule has 1 aliphatic carbocycles. The van der Waals surface area contributed by atoms with Crippen molar-refractivity contribution in [3.63, 3.8) is 0 Å². The van der Waals surface area contributed by atoms with E-state index in [0.29, 0.717) is 25.2 Å². The van der Waals surface area contributed by atoms with Gasteiger partial charge in [-0.05, 0) is 31.4 Å². The van der Waals surface area contributed by atoms with E-state index >= 15 is 0 Å². The number of nitrogens with zero attached hydrogens (tertiary/aromatic N) is 3. The summed E-state index contributed by atoms with van der Waals surface area (Å²) < 4.78 is 0. The molecular formula is C15H19N3O2. The van der Waals surface area contributed by atoms with Crippen molar-refractivity contribution in [2.45, 2.75) is 19.3 Å². The third-order valence-electron chi connectivity index (χ3n) is 3.93. The highest BCUT2D eigenvalue weighted by atomic mass is 16.2. The van der Waals surface area contributed by atoms with Crippen molar-refractivity contribution >= 4 is 11.8 Å². The molecule has 0 unspecified atom stereocenters. The van der Waals surface area contributed by atoms with Crippen LogP contribution in [0.1, 0.15) is 29.6 Å². The summed E-state index contributed by atoms with van der Waals surface area (Å²) in [6, 6.07) is 3.56. The maximum atomic E-state index is 12.4. The molecule has 2 heterocycles. The normalized spacial score (nSPS) is 19.6. The van der Waals surface area contributed by atoms with Crippen LogP contribution in [0.5, 0.6) is 0 Å². The van der Waals surface area contributed by atoms with Gasteiger partial charge in [0.2, 0.25) is 5.91 Å².